The number of nitriles is 2. The minimum atomic E-state index is 0.202. The molecule has 0 unspecified atom stereocenters. The molecule has 3 nitrogen and oxygen atoms in total. The van der Waals surface area contributed by atoms with Gasteiger partial charge in [0.25, 0.3) is 0 Å². The Balaban J connectivity index is 2.22. The lowest BCUT2D eigenvalue weighted by Gasteiger charge is -2.10. The summed E-state index contributed by atoms with van der Waals surface area (Å²) in [6, 6.07) is 4.35. The van der Waals surface area contributed by atoms with Gasteiger partial charge in [0.05, 0.1) is 18.1 Å². The van der Waals surface area contributed by atoms with Crippen molar-refractivity contribution in [2.24, 2.45) is 5.92 Å². The van der Waals surface area contributed by atoms with Crippen LogP contribution in [0.5, 0.6) is 0 Å². The van der Waals surface area contributed by atoms with E-state index in [1.54, 1.807) is 0 Å². The molecule has 0 aliphatic carbocycles. The maximum absolute atomic E-state index is 8.57. The van der Waals surface area contributed by atoms with Crippen LogP contribution < -0.4 is 0 Å². The highest BCUT2D eigenvalue weighted by Gasteiger charge is 2.20. The highest BCUT2D eigenvalue weighted by molar-refractivity contribution is 4.91. The quantitative estimate of drug-likeness (QED) is 0.582. The summed E-state index contributed by atoms with van der Waals surface area (Å²) in [4.78, 5) is 2.18. The molecule has 0 saturated carbocycles. The van der Waals surface area contributed by atoms with Gasteiger partial charge < -0.3 is 4.90 Å². The normalized spacial score (nSPS) is 24.4. The first kappa shape index (κ1) is 8.04. The SMILES string of the molecule is N#CCCN1CC[C@@H](C#N)C1. The molecule has 0 amide bonds. The molecule has 58 valence electrons. The maximum atomic E-state index is 8.57. The molecule has 0 N–H and O–H groups in total. The van der Waals surface area contributed by atoms with Crippen LogP contribution in [0.2, 0.25) is 0 Å². The summed E-state index contributed by atoms with van der Waals surface area (Å²) in [6.07, 6.45) is 1.56. The number of nitrogens with zero attached hydrogens (tertiary/aromatic N) is 3. The molecule has 0 radical (unpaired) electrons. The van der Waals surface area contributed by atoms with Crippen LogP contribution in [-0.2, 0) is 0 Å². The van der Waals surface area contributed by atoms with Crippen LogP contribution in [0.1, 0.15) is 12.8 Å². The van der Waals surface area contributed by atoms with E-state index in [1.165, 1.54) is 0 Å². The summed E-state index contributed by atoms with van der Waals surface area (Å²) < 4.78 is 0. The van der Waals surface area contributed by atoms with Gasteiger partial charge in [-0.2, -0.15) is 10.5 Å². The fourth-order valence-corrected chi connectivity index (χ4v) is 1.35. The van der Waals surface area contributed by atoms with Crippen molar-refractivity contribution < 1.29 is 0 Å². The molecule has 1 fully saturated rings. The van der Waals surface area contributed by atoms with Crippen molar-refractivity contribution in [1.82, 2.24) is 4.90 Å². The average molecular weight is 149 g/mol. The summed E-state index contributed by atoms with van der Waals surface area (Å²) in [6.45, 7) is 2.67. The van der Waals surface area contributed by atoms with Crippen molar-refractivity contribution in [2.75, 3.05) is 19.6 Å². The van der Waals surface area contributed by atoms with Gasteiger partial charge in [0.1, 0.15) is 0 Å². The molecule has 1 atom stereocenters. The first-order valence-electron chi connectivity index (χ1n) is 3.85. The van der Waals surface area contributed by atoms with Crippen LogP contribution in [-0.4, -0.2) is 24.5 Å². The van der Waals surface area contributed by atoms with Gasteiger partial charge in [0.2, 0.25) is 0 Å². The van der Waals surface area contributed by atoms with Crippen LogP contribution in [0.3, 0.4) is 0 Å². The molecule has 1 aliphatic rings. The van der Waals surface area contributed by atoms with E-state index >= 15 is 0 Å². The van der Waals surface area contributed by atoms with E-state index in [4.69, 9.17) is 10.5 Å². The monoisotopic (exact) mass is 149 g/mol. The van der Waals surface area contributed by atoms with Gasteiger partial charge in [-0.3, -0.25) is 0 Å². The number of likely N-dealkylation sites (tertiary alicyclic amines) is 1. The Kier molecular flexibility index (Phi) is 2.89. The second kappa shape index (κ2) is 3.95. The third-order valence-electron chi connectivity index (χ3n) is 1.99. The van der Waals surface area contributed by atoms with Gasteiger partial charge in [0, 0.05) is 19.5 Å². The van der Waals surface area contributed by atoms with Crippen molar-refractivity contribution in [2.45, 2.75) is 12.8 Å². The summed E-state index contributed by atoms with van der Waals surface area (Å²) in [5.74, 6) is 0.202. The topological polar surface area (TPSA) is 50.8 Å². The second-order valence-electron chi connectivity index (χ2n) is 2.82. The van der Waals surface area contributed by atoms with Gasteiger partial charge in [-0.05, 0) is 13.0 Å². The van der Waals surface area contributed by atoms with Crippen LogP contribution in [0, 0.1) is 28.6 Å². The van der Waals surface area contributed by atoms with E-state index < -0.39 is 0 Å². The summed E-state index contributed by atoms with van der Waals surface area (Å²) >= 11 is 0. The molecule has 1 saturated heterocycles. The predicted octanol–water partition coefficient (Wildman–Crippen LogP) is 0.746. The molecule has 0 bridgehead atoms. The second-order valence-corrected chi connectivity index (χ2v) is 2.82. The fourth-order valence-electron chi connectivity index (χ4n) is 1.35. The predicted molar refractivity (Wildman–Crippen MR) is 40.4 cm³/mol. The molecule has 3 heteroatoms. The highest BCUT2D eigenvalue weighted by Crippen LogP contribution is 2.14. The van der Waals surface area contributed by atoms with Crippen LogP contribution >= 0.6 is 0 Å². The van der Waals surface area contributed by atoms with Crippen molar-refractivity contribution in [3.63, 3.8) is 0 Å². The lowest BCUT2D eigenvalue weighted by molar-refractivity contribution is 0.341. The summed E-state index contributed by atoms with van der Waals surface area (Å²) in [7, 11) is 0. The highest BCUT2D eigenvalue weighted by atomic mass is 15.1. The number of rotatable bonds is 2. The molecular weight excluding hydrogens is 138 g/mol. The van der Waals surface area contributed by atoms with Gasteiger partial charge in [-0.15, -0.1) is 0 Å². The number of hydrogen-bond donors (Lipinski definition) is 0. The standard InChI is InChI=1S/C8H11N3/c9-3-1-4-11-5-2-8(6-10)7-11/h8H,1-2,4-5,7H2/t8-/m0/s1. The van der Waals surface area contributed by atoms with E-state index in [0.29, 0.717) is 6.42 Å². The van der Waals surface area contributed by atoms with Gasteiger partial charge in [0.15, 0.2) is 0 Å². The molecule has 1 aliphatic heterocycles. The Morgan fingerprint density at radius 2 is 2.27 bits per heavy atom. The molecule has 11 heavy (non-hydrogen) atoms. The first-order valence-corrected chi connectivity index (χ1v) is 3.85. The first-order chi connectivity index (χ1) is 5.36. The zero-order valence-electron chi connectivity index (χ0n) is 6.45. The summed E-state index contributed by atoms with van der Waals surface area (Å²) in [5, 5.41) is 16.9. The van der Waals surface area contributed by atoms with E-state index in [9.17, 15) is 0 Å². The van der Waals surface area contributed by atoms with Crippen molar-refractivity contribution >= 4 is 0 Å². The van der Waals surface area contributed by atoms with E-state index in [0.717, 1.165) is 26.1 Å². The average Bonchev–Trinajstić information content (AvgIpc) is 2.48. The van der Waals surface area contributed by atoms with Gasteiger partial charge in [-0.25, -0.2) is 0 Å². The zero-order chi connectivity index (χ0) is 8.10. The minimum Gasteiger partial charge on any atom is -0.301 e. The minimum absolute atomic E-state index is 0.202. The van der Waals surface area contributed by atoms with Gasteiger partial charge in [-0.1, -0.05) is 0 Å². The molecule has 0 aromatic heterocycles. The summed E-state index contributed by atoms with van der Waals surface area (Å²) in [5.41, 5.74) is 0. The Bertz CT molecular complexity index is 198. The molecule has 1 heterocycles. The maximum Gasteiger partial charge on any atom is 0.0669 e. The third kappa shape index (κ3) is 2.22. The van der Waals surface area contributed by atoms with Gasteiger partial charge >= 0.3 is 0 Å². The largest absolute Gasteiger partial charge is 0.301 e. The fraction of sp³-hybridized carbons (Fsp3) is 0.750. The molecular formula is C8H11N3. The van der Waals surface area contributed by atoms with E-state index in [1.807, 2.05) is 0 Å². The Morgan fingerprint density at radius 1 is 1.45 bits per heavy atom. The molecule has 1 rings (SSSR count). The number of hydrogen-bond acceptors (Lipinski definition) is 3. The van der Waals surface area contributed by atoms with Crippen molar-refractivity contribution in [1.29, 1.82) is 10.5 Å². The lowest BCUT2D eigenvalue weighted by atomic mass is 10.1. The lowest BCUT2D eigenvalue weighted by Crippen LogP contribution is -2.21. The smallest absolute Gasteiger partial charge is 0.0669 e. The zero-order valence-corrected chi connectivity index (χ0v) is 6.45. The van der Waals surface area contributed by atoms with Crippen molar-refractivity contribution in [3.05, 3.63) is 0 Å². The Morgan fingerprint density at radius 3 is 2.82 bits per heavy atom. The third-order valence-corrected chi connectivity index (χ3v) is 1.99. The Hall–Kier alpha value is -1.06. The van der Waals surface area contributed by atoms with Crippen LogP contribution in [0.4, 0.5) is 0 Å². The molecule has 0 aromatic rings. The molecule has 0 aromatic carbocycles. The molecule has 0 spiro atoms. The Labute approximate surface area is 66.8 Å². The van der Waals surface area contributed by atoms with Crippen molar-refractivity contribution in [3.8, 4) is 12.1 Å². The van der Waals surface area contributed by atoms with E-state index in [2.05, 4.69) is 17.0 Å². The van der Waals surface area contributed by atoms with Crippen LogP contribution in [0.15, 0.2) is 0 Å². The van der Waals surface area contributed by atoms with E-state index in [-0.39, 0.29) is 5.92 Å². The van der Waals surface area contributed by atoms with Crippen LogP contribution in [0.25, 0.3) is 0 Å².